The molecule has 0 saturated carbocycles. The van der Waals surface area contributed by atoms with E-state index >= 15 is 0 Å². The van der Waals surface area contributed by atoms with Gasteiger partial charge in [-0.05, 0) is 30.7 Å². The zero-order valence-electron chi connectivity index (χ0n) is 14.8. The fraction of sp³-hybridized carbons (Fsp3) is 0.238. The first-order valence-electron chi connectivity index (χ1n) is 8.47. The quantitative estimate of drug-likeness (QED) is 0.698. The number of sulfone groups is 1. The Labute approximate surface area is 154 Å². The maximum absolute atomic E-state index is 12.7. The van der Waals surface area contributed by atoms with E-state index in [0.717, 1.165) is 11.1 Å². The number of hydrogen-bond donors (Lipinski definition) is 1. The van der Waals surface area contributed by atoms with E-state index in [4.69, 9.17) is 4.42 Å². The highest BCUT2D eigenvalue weighted by Gasteiger charge is 2.26. The van der Waals surface area contributed by atoms with Crippen LogP contribution in [-0.2, 0) is 15.6 Å². The number of benzene rings is 2. The average Bonchev–Trinajstić information content (AvgIpc) is 3.09. The maximum atomic E-state index is 12.7. The molecule has 3 rings (SSSR count). The topological polar surface area (TPSA) is 67.5 Å². The van der Waals surface area contributed by atoms with Crippen molar-refractivity contribution in [3.8, 4) is 0 Å². The Morgan fingerprint density at radius 2 is 1.65 bits per heavy atom. The molecule has 2 atom stereocenters. The van der Waals surface area contributed by atoms with Crippen LogP contribution in [0.5, 0.6) is 0 Å². The van der Waals surface area contributed by atoms with E-state index in [2.05, 4.69) is 0 Å². The van der Waals surface area contributed by atoms with Crippen molar-refractivity contribution in [2.24, 2.45) is 0 Å². The van der Waals surface area contributed by atoms with Gasteiger partial charge in [-0.25, -0.2) is 8.42 Å². The maximum Gasteiger partial charge on any atom is 0.182 e. The van der Waals surface area contributed by atoms with Crippen molar-refractivity contribution in [3.05, 3.63) is 89.4 Å². The standard InChI is InChI=1S/C21H22O4S/c1-15-8-10-19(11-9-15)26(23,24)14-18-12-13-25-21(18)16(2)20(22)17-6-4-3-5-7-17/h3-13,16,20,22H,14H2,1-2H3/t16-,20-/m0/s1. The highest BCUT2D eigenvalue weighted by atomic mass is 32.2. The van der Waals surface area contributed by atoms with Crippen LogP contribution in [0.3, 0.4) is 0 Å². The third-order valence-corrected chi connectivity index (χ3v) is 6.22. The van der Waals surface area contributed by atoms with Crippen molar-refractivity contribution in [1.82, 2.24) is 0 Å². The molecule has 0 aliphatic rings. The van der Waals surface area contributed by atoms with Gasteiger partial charge in [0.2, 0.25) is 0 Å². The number of aryl methyl sites for hydroxylation is 1. The Morgan fingerprint density at radius 3 is 2.31 bits per heavy atom. The average molecular weight is 370 g/mol. The number of hydrogen-bond acceptors (Lipinski definition) is 4. The van der Waals surface area contributed by atoms with Crippen LogP contribution in [-0.4, -0.2) is 13.5 Å². The predicted octanol–water partition coefficient (Wildman–Crippen LogP) is 4.40. The van der Waals surface area contributed by atoms with E-state index in [1.165, 1.54) is 6.26 Å². The molecule has 2 aromatic carbocycles. The van der Waals surface area contributed by atoms with E-state index in [1.807, 2.05) is 44.2 Å². The van der Waals surface area contributed by atoms with Gasteiger partial charge >= 0.3 is 0 Å². The van der Waals surface area contributed by atoms with Crippen molar-refractivity contribution in [1.29, 1.82) is 0 Å². The first-order chi connectivity index (χ1) is 12.4. The van der Waals surface area contributed by atoms with Crippen LogP contribution in [0.15, 0.2) is 76.2 Å². The molecule has 0 saturated heterocycles. The molecule has 136 valence electrons. The van der Waals surface area contributed by atoms with Gasteiger partial charge in [-0.2, -0.15) is 0 Å². The van der Waals surface area contributed by atoms with Crippen LogP contribution in [0.1, 0.15) is 41.4 Å². The Kier molecular flexibility index (Phi) is 5.30. The molecule has 26 heavy (non-hydrogen) atoms. The van der Waals surface area contributed by atoms with Crippen LogP contribution < -0.4 is 0 Å². The second-order valence-corrected chi connectivity index (χ2v) is 8.52. The van der Waals surface area contributed by atoms with Gasteiger partial charge in [0.05, 0.1) is 23.0 Å². The Bertz CT molecular complexity index is 957. The van der Waals surface area contributed by atoms with Crippen LogP contribution in [0.4, 0.5) is 0 Å². The summed E-state index contributed by atoms with van der Waals surface area (Å²) in [7, 11) is -3.49. The molecule has 0 bridgehead atoms. The summed E-state index contributed by atoms with van der Waals surface area (Å²) >= 11 is 0. The summed E-state index contributed by atoms with van der Waals surface area (Å²) in [5, 5.41) is 10.6. The van der Waals surface area contributed by atoms with E-state index < -0.39 is 15.9 Å². The molecular weight excluding hydrogens is 348 g/mol. The highest BCUT2D eigenvalue weighted by molar-refractivity contribution is 7.90. The second-order valence-electron chi connectivity index (χ2n) is 6.53. The molecule has 4 nitrogen and oxygen atoms in total. The molecule has 0 spiro atoms. The molecule has 0 unspecified atom stereocenters. The minimum atomic E-state index is -3.49. The zero-order chi connectivity index (χ0) is 18.7. The number of aliphatic hydroxyl groups excluding tert-OH is 1. The summed E-state index contributed by atoms with van der Waals surface area (Å²) in [6.45, 7) is 3.75. The van der Waals surface area contributed by atoms with Gasteiger partial charge in [-0.1, -0.05) is 55.0 Å². The van der Waals surface area contributed by atoms with Gasteiger partial charge in [-0.3, -0.25) is 0 Å². The van der Waals surface area contributed by atoms with Gasteiger partial charge in [0.1, 0.15) is 5.76 Å². The van der Waals surface area contributed by atoms with E-state index in [-0.39, 0.29) is 16.6 Å². The minimum Gasteiger partial charge on any atom is -0.469 e. The summed E-state index contributed by atoms with van der Waals surface area (Å²) in [4.78, 5) is 0.284. The van der Waals surface area contributed by atoms with Crippen LogP contribution >= 0.6 is 0 Å². The molecule has 0 aliphatic carbocycles. The largest absolute Gasteiger partial charge is 0.469 e. The molecule has 0 fully saturated rings. The fourth-order valence-electron chi connectivity index (χ4n) is 2.98. The molecular formula is C21H22O4S. The second kappa shape index (κ2) is 7.48. The highest BCUT2D eigenvalue weighted by Crippen LogP contribution is 2.34. The summed E-state index contributed by atoms with van der Waals surface area (Å²) in [6.07, 6.45) is 0.701. The van der Waals surface area contributed by atoms with Crippen molar-refractivity contribution < 1.29 is 17.9 Å². The lowest BCUT2D eigenvalue weighted by Gasteiger charge is -2.18. The lowest BCUT2D eigenvalue weighted by molar-refractivity contribution is 0.141. The SMILES string of the molecule is Cc1ccc(S(=O)(=O)Cc2ccoc2[C@@H](C)[C@H](O)c2ccccc2)cc1. The fourth-order valence-corrected chi connectivity index (χ4v) is 4.35. The molecule has 0 aliphatic heterocycles. The molecule has 1 heterocycles. The van der Waals surface area contributed by atoms with Gasteiger partial charge in [0.25, 0.3) is 0 Å². The number of rotatable bonds is 6. The smallest absolute Gasteiger partial charge is 0.182 e. The van der Waals surface area contributed by atoms with Gasteiger partial charge < -0.3 is 9.52 Å². The van der Waals surface area contributed by atoms with Crippen LogP contribution in [0, 0.1) is 6.92 Å². The molecule has 0 amide bonds. The minimum absolute atomic E-state index is 0.159. The van der Waals surface area contributed by atoms with Gasteiger partial charge in [0, 0.05) is 11.5 Å². The van der Waals surface area contributed by atoms with E-state index in [1.54, 1.807) is 30.3 Å². The third-order valence-electron chi connectivity index (χ3n) is 4.53. The Morgan fingerprint density at radius 1 is 1.00 bits per heavy atom. The molecule has 3 aromatic rings. The predicted molar refractivity (Wildman–Crippen MR) is 101 cm³/mol. The summed E-state index contributed by atoms with van der Waals surface area (Å²) in [5.41, 5.74) is 2.35. The summed E-state index contributed by atoms with van der Waals surface area (Å²) < 4.78 is 31.0. The number of furan rings is 1. The molecule has 5 heteroatoms. The molecule has 1 aromatic heterocycles. The van der Waals surface area contributed by atoms with Gasteiger partial charge in [0.15, 0.2) is 9.84 Å². The van der Waals surface area contributed by atoms with Crippen molar-refractivity contribution in [2.45, 2.75) is 36.5 Å². The third kappa shape index (κ3) is 3.89. The van der Waals surface area contributed by atoms with Crippen LogP contribution in [0.25, 0.3) is 0 Å². The van der Waals surface area contributed by atoms with E-state index in [9.17, 15) is 13.5 Å². The summed E-state index contributed by atoms with van der Waals surface area (Å²) in [6, 6.07) is 17.7. The van der Waals surface area contributed by atoms with Crippen molar-refractivity contribution in [3.63, 3.8) is 0 Å². The normalized spacial score (nSPS) is 14.1. The summed E-state index contributed by atoms with van der Waals surface area (Å²) in [5.74, 6) is -0.0269. The first-order valence-corrected chi connectivity index (χ1v) is 10.1. The molecule has 1 N–H and O–H groups in total. The number of aliphatic hydroxyl groups is 1. The van der Waals surface area contributed by atoms with E-state index in [0.29, 0.717) is 11.3 Å². The lowest BCUT2D eigenvalue weighted by atomic mass is 9.93. The van der Waals surface area contributed by atoms with Gasteiger partial charge in [-0.15, -0.1) is 0 Å². The lowest BCUT2D eigenvalue weighted by Crippen LogP contribution is -2.11. The Hall–Kier alpha value is -2.37. The van der Waals surface area contributed by atoms with Crippen molar-refractivity contribution in [2.75, 3.05) is 0 Å². The molecule has 0 radical (unpaired) electrons. The van der Waals surface area contributed by atoms with Crippen LogP contribution in [0.2, 0.25) is 0 Å². The zero-order valence-corrected chi connectivity index (χ0v) is 15.6. The Balaban J connectivity index is 1.85. The monoisotopic (exact) mass is 370 g/mol. The first kappa shape index (κ1) is 18.4. The van der Waals surface area contributed by atoms with Crippen molar-refractivity contribution >= 4 is 9.84 Å².